The maximum atomic E-state index is 12.9. The summed E-state index contributed by atoms with van der Waals surface area (Å²) >= 11 is 0. The monoisotopic (exact) mass is 205 g/mol. The number of hydrogen-bond acceptors (Lipinski definition) is 2. The van der Waals surface area contributed by atoms with Gasteiger partial charge in [0.2, 0.25) is 0 Å². The summed E-state index contributed by atoms with van der Waals surface area (Å²) < 4.78 is 14.6. The highest BCUT2D eigenvalue weighted by molar-refractivity contribution is 5.39. The summed E-state index contributed by atoms with van der Waals surface area (Å²) in [5.41, 5.74) is 1.85. The average molecular weight is 205 g/mol. The fourth-order valence-corrected chi connectivity index (χ4v) is 1.36. The molecule has 0 aliphatic rings. The fraction of sp³-hybridized carbons (Fsp3) is 0.182. The number of nitrogens with zero attached hydrogens (tertiary/aromatic N) is 2. The van der Waals surface area contributed by atoms with Crippen molar-refractivity contribution in [3.8, 4) is 0 Å². The normalized spacial score (nSPS) is 10.3. The Balaban J connectivity index is 1.99. The molecule has 1 N–H and O–H groups in total. The number of aromatic nitrogens is 2. The van der Waals surface area contributed by atoms with Crippen molar-refractivity contribution in [2.75, 3.05) is 5.32 Å². The van der Waals surface area contributed by atoms with E-state index in [9.17, 15) is 4.39 Å². The van der Waals surface area contributed by atoms with Gasteiger partial charge in [0.25, 0.3) is 0 Å². The van der Waals surface area contributed by atoms with Crippen LogP contribution in [0.2, 0.25) is 0 Å². The Kier molecular flexibility index (Phi) is 2.67. The Morgan fingerprint density at radius 1 is 1.47 bits per heavy atom. The van der Waals surface area contributed by atoms with Crippen LogP contribution in [-0.2, 0) is 13.6 Å². The second kappa shape index (κ2) is 4.13. The molecule has 0 spiro atoms. The zero-order valence-electron chi connectivity index (χ0n) is 8.44. The molecule has 2 aromatic rings. The molecule has 0 saturated heterocycles. The number of hydrogen-bond donors (Lipinski definition) is 1. The third kappa shape index (κ3) is 2.56. The van der Waals surface area contributed by atoms with Crippen LogP contribution in [0.15, 0.2) is 36.7 Å². The van der Waals surface area contributed by atoms with Gasteiger partial charge in [0.1, 0.15) is 5.82 Å². The van der Waals surface area contributed by atoms with Crippen molar-refractivity contribution < 1.29 is 4.39 Å². The zero-order chi connectivity index (χ0) is 10.7. The van der Waals surface area contributed by atoms with E-state index in [1.165, 1.54) is 12.1 Å². The van der Waals surface area contributed by atoms with Gasteiger partial charge in [-0.15, -0.1) is 0 Å². The molecular weight excluding hydrogens is 193 g/mol. The van der Waals surface area contributed by atoms with Crippen molar-refractivity contribution in [2.24, 2.45) is 7.05 Å². The lowest BCUT2D eigenvalue weighted by Crippen LogP contribution is -1.98. The van der Waals surface area contributed by atoms with Crippen molar-refractivity contribution in [3.05, 3.63) is 48.0 Å². The molecule has 0 atom stereocenters. The lowest BCUT2D eigenvalue weighted by atomic mass is 10.2. The average Bonchev–Trinajstić information content (AvgIpc) is 2.62. The van der Waals surface area contributed by atoms with Crippen LogP contribution in [0.3, 0.4) is 0 Å². The first-order chi connectivity index (χ1) is 7.24. The van der Waals surface area contributed by atoms with Gasteiger partial charge in [-0.3, -0.25) is 4.68 Å². The first-order valence-electron chi connectivity index (χ1n) is 4.71. The van der Waals surface area contributed by atoms with Crippen molar-refractivity contribution in [1.29, 1.82) is 0 Å². The second-order valence-corrected chi connectivity index (χ2v) is 3.39. The predicted octanol–water partition coefficient (Wildman–Crippen LogP) is 2.17. The van der Waals surface area contributed by atoms with Crippen molar-refractivity contribution in [2.45, 2.75) is 6.54 Å². The van der Waals surface area contributed by atoms with Gasteiger partial charge in [-0.05, 0) is 17.7 Å². The molecule has 0 bridgehead atoms. The molecule has 1 aromatic heterocycles. The highest BCUT2D eigenvalue weighted by Gasteiger charge is 1.97. The van der Waals surface area contributed by atoms with E-state index in [0.717, 1.165) is 11.3 Å². The van der Waals surface area contributed by atoms with Gasteiger partial charge in [-0.25, -0.2) is 4.39 Å². The molecule has 0 amide bonds. The van der Waals surface area contributed by atoms with Gasteiger partial charge in [0.15, 0.2) is 0 Å². The first-order valence-corrected chi connectivity index (χ1v) is 4.71. The van der Waals surface area contributed by atoms with Crippen LogP contribution in [0.25, 0.3) is 0 Å². The summed E-state index contributed by atoms with van der Waals surface area (Å²) in [6.07, 6.45) is 3.61. The van der Waals surface area contributed by atoms with Crippen LogP contribution in [0, 0.1) is 5.82 Å². The molecule has 1 heterocycles. The second-order valence-electron chi connectivity index (χ2n) is 3.39. The summed E-state index contributed by atoms with van der Waals surface area (Å²) in [6.45, 7) is 0.601. The van der Waals surface area contributed by atoms with Crippen LogP contribution >= 0.6 is 0 Å². The Morgan fingerprint density at radius 3 is 3.00 bits per heavy atom. The highest BCUT2D eigenvalue weighted by Crippen LogP contribution is 2.08. The largest absolute Gasteiger partial charge is 0.378 e. The maximum Gasteiger partial charge on any atom is 0.123 e. The molecule has 4 heteroatoms. The van der Waals surface area contributed by atoms with Crippen molar-refractivity contribution in [1.82, 2.24) is 9.78 Å². The van der Waals surface area contributed by atoms with Crippen LogP contribution < -0.4 is 5.32 Å². The number of anilines is 1. The van der Waals surface area contributed by atoms with Crippen molar-refractivity contribution in [3.63, 3.8) is 0 Å². The molecule has 0 saturated carbocycles. The lowest BCUT2D eigenvalue weighted by molar-refractivity contribution is 0.626. The maximum absolute atomic E-state index is 12.9. The number of benzene rings is 1. The Labute approximate surface area is 87.5 Å². The van der Waals surface area contributed by atoms with Gasteiger partial charge in [-0.1, -0.05) is 12.1 Å². The van der Waals surface area contributed by atoms with Crippen LogP contribution in [0.4, 0.5) is 10.1 Å². The molecule has 0 fully saturated rings. The van der Waals surface area contributed by atoms with E-state index in [0.29, 0.717) is 6.54 Å². The SMILES string of the molecule is Cn1cc(NCc2cccc(F)c2)cn1. The summed E-state index contributed by atoms with van der Waals surface area (Å²) in [7, 11) is 1.85. The number of halogens is 1. The molecule has 0 radical (unpaired) electrons. The molecule has 15 heavy (non-hydrogen) atoms. The third-order valence-corrected chi connectivity index (χ3v) is 2.09. The van der Waals surface area contributed by atoms with E-state index in [-0.39, 0.29) is 5.82 Å². The van der Waals surface area contributed by atoms with Gasteiger partial charge < -0.3 is 5.32 Å². The molecule has 0 aliphatic heterocycles. The van der Waals surface area contributed by atoms with Crippen LogP contribution in [-0.4, -0.2) is 9.78 Å². The standard InChI is InChI=1S/C11H12FN3/c1-15-8-11(7-14-15)13-6-9-3-2-4-10(12)5-9/h2-5,7-8,13H,6H2,1H3. The van der Waals surface area contributed by atoms with Gasteiger partial charge >= 0.3 is 0 Å². The highest BCUT2D eigenvalue weighted by atomic mass is 19.1. The van der Waals surface area contributed by atoms with Crippen LogP contribution in [0.5, 0.6) is 0 Å². The van der Waals surface area contributed by atoms with Gasteiger partial charge in [0.05, 0.1) is 11.9 Å². The third-order valence-electron chi connectivity index (χ3n) is 2.09. The van der Waals surface area contributed by atoms with E-state index < -0.39 is 0 Å². The van der Waals surface area contributed by atoms with E-state index in [4.69, 9.17) is 0 Å². The number of aryl methyl sites for hydroxylation is 1. The zero-order valence-corrected chi connectivity index (χ0v) is 8.44. The molecule has 3 nitrogen and oxygen atoms in total. The molecular formula is C11H12FN3. The van der Waals surface area contributed by atoms with E-state index in [1.807, 2.05) is 19.3 Å². The smallest absolute Gasteiger partial charge is 0.123 e. The van der Waals surface area contributed by atoms with E-state index in [1.54, 1.807) is 16.9 Å². The molecule has 1 aromatic carbocycles. The topological polar surface area (TPSA) is 29.9 Å². The Hall–Kier alpha value is -1.84. The Bertz CT molecular complexity index is 451. The minimum atomic E-state index is -0.208. The Morgan fingerprint density at radius 2 is 2.33 bits per heavy atom. The summed E-state index contributed by atoms with van der Waals surface area (Å²) in [5, 5.41) is 7.19. The fourth-order valence-electron chi connectivity index (χ4n) is 1.36. The minimum Gasteiger partial charge on any atom is -0.378 e. The molecule has 0 unspecified atom stereocenters. The predicted molar refractivity (Wildman–Crippen MR) is 56.9 cm³/mol. The van der Waals surface area contributed by atoms with E-state index >= 15 is 0 Å². The summed E-state index contributed by atoms with van der Waals surface area (Å²) in [6, 6.07) is 6.54. The molecule has 0 aliphatic carbocycles. The van der Waals surface area contributed by atoms with Crippen LogP contribution in [0.1, 0.15) is 5.56 Å². The number of rotatable bonds is 3. The summed E-state index contributed by atoms with van der Waals surface area (Å²) in [4.78, 5) is 0. The van der Waals surface area contributed by atoms with Crippen molar-refractivity contribution >= 4 is 5.69 Å². The lowest BCUT2D eigenvalue weighted by Gasteiger charge is -2.03. The summed E-state index contributed by atoms with van der Waals surface area (Å²) in [5.74, 6) is -0.208. The number of nitrogens with one attached hydrogen (secondary N) is 1. The quantitative estimate of drug-likeness (QED) is 0.832. The van der Waals surface area contributed by atoms with E-state index in [2.05, 4.69) is 10.4 Å². The minimum absolute atomic E-state index is 0.208. The molecule has 78 valence electrons. The van der Waals surface area contributed by atoms with Gasteiger partial charge in [0, 0.05) is 19.8 Å². The first kappa shape index (κ1) is 9.71. The molecule has 2 rings (SSSR count). The van der Waals surface area contributed by atoms with Gasteiger partial charge in [-0.2, -0.15) is 5.10 Å².